The molecule has 0 bridgehead atoms. The highest BCUT2D eigenvalue weighted by Crippen LogP contribution is 2.65. The van der Waals surface area contributed by atoms with Crippen LogP contribution >= 0.6 is 0 Å². The van der Waals surface area contributed by atoms with Gasteiger partial charge >= 0.3 is 5.97 Å². The lowest BCUT2D eigenvalue weighted by Gasteiger charge is -2.59. The minimum atomic E-state index is -0.550. The van der Waals surface area contributed by atoms with Crippen molar-refractivity contribution < 1.29 is 18.7 Å². The third kappa shape index (κ3) is 1.55. The Morgan fingerprint density at radius 1 is 1.17 bits per heavy atom. The fourth-order valence-corrected chi connectivity index (χ4v) is 6.82. The van der Waals surface area contributed by atoms with E-state index in [0.29, 0.717) is 0 Å². The molecule has 1 saturated heterocycles. The second-order valence-corrected chi connectivity index (χ2v) is 9.21. The highest BCUT2D eigenvalue weighted by atomic mass is 16.6. The monoisotopic (exact) mass is 328 g/mol. The summed E-state index contributed by atoms with van der Waals surface area (Å²) in [4.78, 5) is 26.0. The van der Waals surface area contributed by atoms with Crippen LogP contribution in [0, 0.1) is 28.6 Å². The molecule has 3 fully saturated rings. The van der Waals surface area contributed by atoms with Crippen LogP contribution in [0.2, 0.25) is 0 Å². The van der Waals surface area contributed by atoms with Gasteiger partial charge in [0.05, 0.1) is 12.2 Å². The first-order valence-electron chi connectivity index (χ1n) is 9.15. The van der Waals surface area contributed by atoms with E-state index in [1.165, 1.54) is 0 Å². The number of ether oxygens (including phenoxy) is 1. The van der Waals surface area contributed by atoms with Crippen molar-refractivity contribution in [3.8, 4) is 0 Å². The van der Waals surface area contributed by atoms with Gasteiger partial charge in [0, 0.05) is 23.8 Å². The summed E-state index contributed by atoms with van der Waals surface area (Å²) in [5, 5.41) is 0. The maximum atomic E-state index is 13.4. The summed E-state index contributed by atoms with van der Waals surface area (Å²) in [6.45, 7) is 6.70. The van der Waals surface area contributed by atoms with Gasteiger partial charge in [0.1, 0.15) is 5.76 Å². The minimum absolute atomic E-state index is 0.00903. The number of esters is 1. The lowest BCUT2D eigenvalue weighted by Crippen LogP contribution is -2.61. The first-order valence-corrected chi connectivity index (χ1v) is 9.15. The van der Waals surface area contributed by atoms with Crippen molar-refractivity contribution in [2.75, 3.05) is 0 Å². The summed E-state index contributed by atoms with van der Waals surface area (Å²) in [5.41, 5.74) is 0.841. The number of hydrogen-bond donors (Lipinski definition) is 0. The van der Waals surface area contributed by atoms with Gasteiger partial charge in [0.2, 0.25) is 0 Å². The highest BCUT2D eigenvalue weighted by molar-refractivity contribution is 5.95. The van der Waals surface area contributed by atoms with Crippen molar-refractivity contribution in [2.24, 2.45) is 28.6 Å². The second-order valence-electron chi connectivity index (χ2n) is 9.21. The Morgan fingerprint density at radius 3 is 2.75 bits per heavy atom. The number of hydrogen-bond acceptors (Lipinski definition) is 4. The Hall–Kier alpha value is -1.58. The lowest BCUT2D eigenvalue weighted by atomic mass is 9.43. The summed E-state index contributed by atoms with van der Waals surface area (Å²) in [6.07, 6.45) is 5.21. The second kappa shape index (κ2) is 4.33. The zero-order valence-corrected chi connectivity index (χ0v) is 14.5. The van der Waals surface area contributed by atoms with Gasteiger partial charge in [-0.3, -0.25) is 9.59 Å². The van der Waals surface area contributed by atoms with Crippen LogP contribution in [0.4, 0.5) is 0 Å². The molecular formula is C20H24O4. The Kier molecular flexibility index (Phi) is 2.66. The van der Waals surface area contributed by atoms with Crippen LogP contribution in [0.3, 0.4) is 0 Å². The summed E-state index contributed by atoms with van der Waals surface area (Å²) < 4.78 is 11.4. The zero-order valence-electron chi connectivity index (χ0n) is 14.5. The van der Waals surface area contributed by atoms with Gasteiger partial charge in [-0.2, -0.15) is 0 Å². The lowest BCUT2D eigenvalue weighted by molar-refractivity contribution is -0.172. The molecule has 1 aromatic rings. The number of carbonyl (C=O) groups is 2. The molecule has 2 saturated carbocycles. The van der Waals surface area contributed by atoms with Crippen LogP contribution in [0.15, 0.2) is 16.7 Å². The van der Waals surface area contributed by atoms with Crippen LogP contribution in [0.5, 0.6) is 0 Å². The van der Waals surface area contributed by atoms with Gasteiger partial charge in [-0.05, 0) is 35.7 Å². The number of Topliss-reactive ketones (excluding diaryl/α,β-unsaturated/α-hetero) is 1. The van der Waals surface area contributed by atoms with Crippen molar-refractivity contribution in [3.05, 3.63) is 23.7 Å². The van der Waals surface area contributed by atoms with Crippen LogP contribution in [-0.4, -0.2) is 17.9 Å². The molecule has 4 nitrogen and oxygen atoms in total. The molecule has 5 rings (SSSR count). The first-order chi connectivity index (χ1) is 11.3. The van der Waals surface area contributed by atoms with E-state index in [9.17, 15) is 9.59 Å². The van der Waals surface area contributed by atoms with Gasteiger partial charge in [-0.15, -0.1) is 0 Å². The van der Waals surface area contributed by atoms with Crippen LogP contribution in [-0.2, 0) is 20.7 Å². The minimum Gasteiger partial charge on any atom is -0.469 e. The molecule has 3 aliphatic carbocycles. The number of rotatable bonds is 0. The Balaban J connectivity index is 1.71. The average Bonchev–Trinajstić information content (AvgIpc) is 3.08. The molecule has 4 aliphatic rings. The van der Waals surface area contributed by atoms with Crippen molar-refractivity contribution in [1.82, 2.24) is 0 Å². The summed E-state index contributed by atoms with van der Waals surface area (Å²) in [7, 11) is 0. The number of furan rings is 1. The summed E-state index contributed by atoms with van der Waals surface area (Å²) in [6, 6.07) is 1.89. The molecule has 0 radical (unpaired) electrons. The predicted octanol–water partition coefficient (Wildman–Crippen LogP) is 3.49. The summed E-state index contributed by atoms with van der Waals surface area (Å²) in [5.74, 6) is 0.793. The van der Waals surface area contributed by atoms with Crippen molar-refractivity contribution in [3.63, 3.8) is 0 Å². The van der Waals surface area contributed by atoms with E-state index in [2.05, 4.69) is 20.8 Å². The van der Waals surface area contributed by atoms with Crippen LogP contribution in [0.1, 0.15) is 57.3 Å². The van der Waals surface area contributed by atoms with E-state index in [0.717, 1.165) is 37.0 Å². The van der Waals surface area contributed by atoms with Gasteiger partial charge in [-0.1, -0.05) is 27.2 Å². The standard InChI is InChI=1S/C20H24O4/c1-19(2)6-4-7-20(3)11-9-12-10(5-8-23-12)13-14(11)16(24-18(13)22)15(21)17(19)20/h5,8,11,13-14,16-17H,4,6-7,9H2,1-3H3/t11?,13-,14?,16-,17?,20-/m1/s1. The predicted molar refractivity (Wildman–Crippen MR) is 86.2 cm³/mol. The molecule has 2 heterocycles. The van der Waals surface area contributed by atoms with E-state index < -0.39 is 6.10 Å². The molecule has 128 valence electrons. The Bertz CT molecular complexity index is 745. The van der Waals surface area contributed by atoms with Gasteiger partial charge in [0.15, 0.2) is 11.9 Å². The molecule has 1 aromatic heterocycles. The van der Waals surface area contributed by atoms with E-state index in [-0.39, 0.29) is 46.3 Å². The maximum Gasteiger partial charge on any atom is 0.314 e. The molecule has 6 atom stereocenters. The van der Waals surface area contributed by atoms with Gasteiger partial charge < -0.3 is 9.15 Å². The van der Waals surface area contributed by atoms with Gasteiger partial charge in [-0.25, -0.2) is 0 Å². The fraction of sp³-hybridized carbons (Fsp3) is 0.700. The SMILES string of the molecule is CC1(C)CCC[C@]2(C)C3Cc4occc4[C@H]4C(=O)O[C@@H](C(=O)C12)C34. The third-order valence-electron chi connectivity index (χ3n) is 7.61. The number of fused-ring (bicyclic) bond motifs is 4. The molecule has 0 spiro atoms. The molecule has 0 amide bonds. The molecule has 0 N–H and O–H groups in total. The zero-order chi connectivity index (χ0) is 16.9. The quantitative estimate of drug-likeness (QED) is 0.684. The van der Waals surface area contributed by atoms with E-state index >= 15 is 0 Å². The van der Waals surface area contributed by atoms with E-state index in [4.69, 9.17) is 9.15 Å². The molecule has 1 aliphatic heterocycles. The molecular weight excluding hydrogens is 304 g/mol. The van der Waals surface area contributed by atoms with Crippen molar-refractivity contribution in [1.29, 1.82) is 0 Å². The first kappa shape index (κ1) is 14.7. The molecule has 24 heavy (non-hydrogen) atoms. The smallest absolute Gasteiger partial charge is 0.314 e. The van der Waals surface area contributed by atoms with Gasteiger partial charge in [0.25, 0.3) is 0 Å². The third-order valence-corrected chi connectivity index (χ3v) is 7.61. The maximum absolute atomic E-state index is 13.4. The molecule has 0 aromatic carbocycles. The number of carbonyl (C=O) groups excluding carboxylic acids is 2. The van der Waals surface area contributed by atoms with E-state index in [1.807, 2.05) is 6.07 Å². The van der Waals surface area contributed by atoms with Crippen molar-refractivity contribution >= 4 is 11.8 Å². The average molecular weight is 328 g/mol. The Morgan fingerprint density at radius 2 is 1.96 bits per heavy atom. The van der Waals surface area contributed by atoms with Crippen LogP contribution in [0.25, 0.3) is 0 Å². The van der Waals surface area contributed by atoms with Crippen LogP contribution < -0.4 is 0 Å². The largest absolute Gasteiger partial charge is 0.469 e. The topological polar surface area (TPSA) is 56.5 Å². The Labute approximate surface area is 141 Å². The molecule has 3 unspecified atom stereocenters. The van der Waals surface area contributed by atoms with E-state index in [1.54, 1.807) is 6.26 Å². The van der Waals surface area contributed by atoms with Crippen molar-refractivity contribution in [2.45, 2.75) is 58.5 Å². The number of ketones is 1. The normalized spacial score (nSPS) is 45.2. The summed E-state index contributed by atoms with van der Waals surface area (Å²) >= 11 is 0. The highest BCUT2D eigenvalue weighted by Gasteiger charge is 2.68. The fourth-order valence-electron chi connectivity index (χ4n) is 6.82. The molecule has 4 heteroatoms.